The second-order valence-corrected chi connectivity index (χ2v) is 6.68. The lowest BCUT2D eigenvalue weighted by Gasteiger charge is -2.10. The number of ether oxygens (including phenoxy) is 2. The predicted octanol–water partition coefficient (Wildman–Crippen LogP) is 3.94. The normalized spacial score (nSPS) is 10.5. The van der Waals surface area contributed by atoms with Crippen LogP contribution in [0.15, 0.2) is 54.7 Å². The van der Waals surface area contributed by atoms with Gasteiger partial charge in [-0.25, -0.2) is 9.48 Å². The first-order chi connectivity index (χ1) is 14.5. The molecule has 0 bridgehead atoms. The van der Waals surface area contributed by atoms with Gasteiger partial charge < -0.3 is 14.8 Å². The van der Waals surface area contributed by atoms with Crippen LogP contribution in [-0.2, 0) is 16.0 Å². The zero-order valence-electron chi connectivity index (χ0n) is 17.3. The Balaban J connectivity index is 1.74. The summed E-state index contributed by atoms with van der Waals surface area (Å²) in [5, 5.41) is 7.28. The number of carbonyl (C=O) groups excluding carboxylic acids is 2. The van der Waals surface area contributed by atoms with Crippen molar-refractivity contribution in [2.24, 2.45) is 0 Å². The number of hydrogen-bond acceptors (Lipinski definition) is 5. The minimum Gasteiger partial charge on any atom is -0.482 e. The van der Waals surface area contributed by atoms with E-state index in [1.165, 1.54) is 0 Å². The topological polar surface area (TPSA) is 82.4 Å². The van der Waals surface area contributed by atoms with E-state index in [-0.39, 0.29) is 12.5 Å². The third kappa shape index (κ3) is 5.05. The van der Waals surface area contributed by atoms with E-state index in [0.717, 1.165) is 16.9 Å². The van der Waals surface area contributed by atoms with Gasteiger partial charge >= 0.3 is 5.97 Å². The fraction of sp³-hybridized carbons (Fsp3) is 0.261. The minimum atomic E-state index is -0.442. The number of esters is 1. The summed E-state index contributed by atoms with van der Waals surface area (Å²) in [5.74, 6) is -0.234. The number of nitrogens with zero attached hydrogens (tertiary/aromatic N) is 2. The van der Waals surface area contributed by atoms with Crippen LogP contribution in [0, 0.1) is 6.92 Å². The van der Waals surface area contributed by atoms with Crippen molar-refractivity contribution < 1.29 is 19.1 Å². The molecule has 1 N–H and O–H groups in total. The molecular formula is C23H25N3O4. The molecule has 0 atom stereocenters. The number of aromatic nitrogens is 2. The van der Waals surface area contributed by atoms with Crippen LogP contribution in [0.25, 0.3) is 5.69 Å². The Labute approximate surface area is 175 Å². The third-order valence-electron chi connectivity index (χ3n) is 4.48. The average Bonchev–Trinajstić information content (AvgIpc) is 3.17. The number of hydrogen-bond donors (Lipinski definition) is 1. The zero-order chi connectivity index (χ0) is 21.5. The highest BCUT2D eigenvalue weighted by atomic mass is 16.6. The summed E-state index contributed by atoms with van der Waals surface area (Å²) in [6, 6.07) is 14.9. The van der Waals surface area contributed by atoms with E-state index in [0.29, 0.717) is 30.0 Å². The van der Waals surface area contributed by atoms with Crippen molar-refractivity contribution in [3.05, 3.63) is 71.5 Å². The van der Waals surface area contributed by atoms with E-state index in [2.05, 4.69) is 10.4 Å². The summed E-state index contributed by atoms with van der Waals surface area (Å²) in [6.45, 7) is 5.86. The number of anilines is 1. The maximum Gasteiger partial charge on any atom is 0.344 e. The molecule has 0 aliphatic heterocycles. The lowest BCUT2D eigenvalue weighted by molar-refractivity contribution is -0.145. The summed E-state index contributed by atoms with van der Waals surface area (Å²) >= 11 is 0. The second-order valence-electron chi connectivity index (χ2n) is 6.68. The van der Waals surface area contributed by atoms with Crippen LogP contribution < -0.4 is 10.1 Å². The molecule has 1 heterocycles. The van der Waals surface area contributed by atoms with Gasteiger partial charge in [0.1, 0.15) is 5.75 Å². The summed E-state index contributed by atoms with van der Waals surface area (Å²) in [5.41, 5.74) is 3.96. The molecule has 1 aromatic heterocycles. The van der Waals surface area contributed by atoms with Crippen molar-refractivity contribution >= 4 is 17.6 Å². The van der Waals surface area contributed by atoms with Crippen LogP contribution in [0.1, 0.15) is 35.5 Å². The van der Waals surface area contributed by atoms with Crippen molar-refractivity contribution in [2.75, 3.05) is 18.5 Å². The predicted molar refractivity (Wildman–Crippen MR) is 114 cm³/mol. The quantitative estimate of drug-likeness (QED) is 0.572. The Morgan fingerprint density at radius 1 is 1.10 bits per heavy atom. The summed E-state index contributed by atoms with van der Waals surface area (Å²) < 4.78 is 12.1. The molecule has 0 unspecified atom stereocenters. The molecular weight excluding hydrogens is 382 g/mol. The van der Waals surface area contributed by atoms with Crippen LogP contribution in [0.2, 0.25) is 0 Å². The molecule has 7 heteroatoms. The molecule has 1 amide bonds. The Hall–Kier alpha value is -3.61. The maximum absolute atomic E-state index is 12.9. The fourth-order valence-corrected chi connectivity index (χ4v) is 3.02. The monoisotopic (exact) mass is 407 g/mol. The zero-order valence-corrected chi connectivity index (χ0v) is 17.3. The van der Waals surface area contributed by atoms with E-state index in [1.807, 2.05) is 38.1 Å². The van der Waals surface area contributed by atoms with Gasteiger partial charge in [-0.1, -0.05) is 30.7 Å². The maximum atomic E-state index is 12.9. The fourth-order valence-electron chi connectivity index (χ4n) is 3.02. The van der Waals surface area contributed by atoms with Gasteiger partial charge in [0.25, 0.3) is 5.91 Å². The van der Waals surface area contributed by atoms with Crippen molar-refractivity contribution in [3.8, 4) is 11.4 Å². The van der Waals surface area contributed by atoms with E-state index in [1.54, 1.807) is 42.1 Å². The highest BCUT2D eigenvalue weighted by molar-refractivity contribution is 6.05. The molecule has 7 nitrogen and oxygen atoms in total. The second kappa shape index (κ2) is 9.73. The summed E-state index contributed by atoms with van der Waals surface area (Å²) in [6.07, 6.45) is 2.23. The van der Waals surface area contributed by atoms with E-state index in [9.17, 15) is 9.59 Å². The molecule has 3 aromatic rings. The van der Waals surface area contributed by atoms with Crippen LogP contribution in [0.4, 0.5) is 5.69 Å². The largest absolute Gasteiger partial charge is 0.482 e. The van der Waals surface area contributed by atoms with Gasteiger partial charge in [-0.15, -0.1) is 0 Å². The number of rotatable bonds is 8. The molecule has 2 aromatic carbocycles. The SMILES string of the molecule is CCOC(=O)COc1cccc(NC(=O)c2cnn(-c3ccc(C)cc3)c2CC)c1. The van der Waals surface area contributed by atoms with Gasteiger partial charge in [-0.3, -0.25) is 4.79 Å². The van der Waals surface area contributed by atoms with Gasteiger partial charge in [0.2, 0.25) is 0 Å². The average molecular weight is 407 g/mol. The van der Waals surface area contributed by atoms with Gasteiger partial charge in [0.15, 0.2) is 6.61 Å². The van der Waals surface area contributed by atoms with Gasteiger partial charge in [-0.2, -0.15) is 5.10 Å². The van der Waals surface area contributed by atoms with Gasteiger partial charge in [0.05, 0.1) is 29.7 Å². The molecule has 0 spiro atoms. The first kappa shape index (κ1) is 21.1. The standard InChI is InChI=1S/C23H25N3O4/c1-4-21-20(14-24-26(21)18-11-9-16(3)10-12-18)23(28)25-17-7-6-8-19(13-17)30-15-22(27)29-5-2/h6-14H,4-5,15H2,1-3H3,(H,25,28). The van der Waals surface area contributed by atoms with Crippen molar-refractivity contribution in [3.63, 3.8) is 0 Å². The Kier molecular flexibility index (Phi) is 6.85. The van der Waals surface area contributed by atoms with Crippen molar-refractivity contribution in [1.82, 2.24) is 9.78 Å². The smallest absolute Gasteiger partial charge is 0.344 e. The van der Waals surface area contributed by atoms with Crippen LogP contribution in [0.3, 0.4) is 0 Å². The van der Waals surface area contributed by atoms with Crippen LogP contribution in [-0.4, -0.2) is 34.9 Å². The lowest BCUT2D eigenvalue weighted by Crippen LogP contribution is -2.15. The molecule has 30 heavy (non-hydrogen) atoms. The molecule has 156 valence electrons. The van der Waals surface area contributed by atoms with Crippen LogP contribution in [0.5, 0.6) is 5.75 Å². The van der Waals surface area contributed by atoms with E-state index in [4.69, 9.17) is 9.47 Å². The Bertz CT molecular complexity index is 1030. The Morgan fingerprint density at radius 3 is 2.57 bits per heavy atom. The molecule has 0 fully saturated rings. The number of amides is 1. The van der Waals surface area contributed by atoms with Gasteiger partial charge in [-0.05, 0) is 44.5 Å². The summed E-state index contributed by atoms with van der Waals surface area (Å²) in [4.78, 5) is 24.3. The number of aryl methyl sites for hydroxylation is 1. The highest BCUT2D eigenvalue weighted by Crippen LogP contribution is 2.21. The van der Waals surface area contributed by atoms with Gasteiger partial charge in [0, 0.05) is 11.8 Å². The van der Waals surface area contributed by atoms with Crippen LogP contribution >= 0.6 is 0 Å². The molecule has 0 saturated heterocycles. The van der Waals surface area contributed by atoms with Crippen molar-refractivity contribution in [1.29, 1.82) is 0 Å². The molecule has 0 radical (unpaired) electrons. The number of carbonyl (C=O) groups is 2. The summed E-state index contributed by atoms with van der Waals surface area (Å²) in [7, 11) is 0. The first-order valence-corrected chi connectivity index (χ1v) is 9.85. The molecule has 3 rings (SSSR count). The number of nitrogens with one attached hydrogen (secondary N) is 1. The highest BCUT2D eigenvalue weighted by Gasteiger charge is 2.17. The molecule has 0 saturated carbocycles. The first-order valence-electron chi connectivity index (χ1n) is 9.85. The van der Waals surface area contributed by atoms with E-state index >= 15 is 0 Å². The van der Waals surface area contributed by atoms with Crippen molar-refractivity contribution in [2.45, 2.75) is 27.2 Å². The molecule has 0 aliphatic rings. The molecule has 0 aliphatic carbocycles. The lowest BCUT2D eigenvalue weighted by atomic mass is 10.1. The Morgan fingerprint density at radius 2 is 1.87 bits per heavy atom. The van der Waals surface area contributed by atoms with E-state index < -0.39 is 5.97 Å². The minimum absolute atomic E-state index is 0.186. The number of benzene rings is 2. The third-order valence-corrected chi connectivity index (χ3v) is 4.48.